The van der Waals surface area contributed by atoms with Crippen LogP contribution in [0.25, 0.3) is 0 Å². The fourth-order valence-corrected chi connectivity index (χ4v) is 2.21. The zero-order valence-corrected chi connectivity index (χ0v) is 11.2. The smallest absolute Gasteiger partial charge is 0.227 e. The number of hydrogen-bond donors (Lipinski definition) is 2. The molecule has 2 rings (SSSR count). The minimum atomic E-state index is -0.266. The van der Waals surface area contributed by atoms with Crippen molar-refractivity contribution in [2.45, 2.75) is 39.2 Å². The van der Waals surface area contributed by atoms with Gasteiger partial charge in [0.05, 0.1) is 11.5 Å². The van der Waals surface area contributed by atoms with Crippen LogP contribution < -0.4 is 11.1 Å². The Hall–Kier alpha value is -1.35. The summed E-state index contributed by atoms with van der Waals surface area (Å²) in [5.74, 6) is 0.123. The second kappa shape index (κ2) is 5.11. The monoisotopic (exact) mass is 246 g/mol. The summed E-state index contributed by atoms with van der Waals surface area (Å²) >= 11 is 0. The number of nitrogens with one attached hydrogen (secondary N) is 1. The molecule has 98 valence electrons. The molecule has 1 amide bonds. The molecule has 1 fully saturated rings. The molecule has 1 aromatic carbocycles. The number of benzene rings is 1. The maximum absolute atomic E-state index is 12.2. The highest BCUT2D eigenvalue weighted by Crippen LogP contribution is 2.45. The molecule has 0 radical (unpaired) electrons. The van der Waals surface area contributed by atoms with E-state index in [0.29, 0.717) is 6.54 Å². The third-order valence-corrected chi connectivity index (χ3v) is 3.92. The van der Waals surface area contributed by atoms with Crippen LogP contribution in [0.1, 0.15) is 43.4 Å². The van der Waals surface area contributed by atoms with E-state index in [1.165, 1.54) is 11.1 Å². The van der Waals surface area contributed by atoms with Crippen LogP contribution in [0.5, 0.6) is 0 Å². The Morgan fingerprint density at radius 3 is 2.44 bits per heavy atom. The Kier molecular flexibility index (Phi) is 3.71. The lowest BCUT2D eigenvalue weighted by Gasteiger charge is -2.21. The first kappa shape index (κ1) is 13.1. The van der Waals surface area contributed by atoms with Gasteiger partial charge < -0.3 is 11.1 Å². The third kappa shape index (κ3) is 2.56. The van der Waals surface area contributed by atoms with Crippen LogP contribution in [-0.2, 0) is 4.79 Å². The molecule has 0 aliphatic heterocycles. The van der Waals surface area contributed by atoms with Gasteiger partial charge in [0.15, 0.2) is 0 Å². The van der Waals surface area contributed by atoms with Gasteiger partial charge >= 0.3 is 0 Å². The number of carbonyl (C=O) groups excluding carboxylic acids is 1. The number of nitrogens with two attached hydrogens (primary N) is 1. The SMILES string of the molecule is CCC(NC(=O)C1(CN)CC1)c1ccc(C)cc1. The Morgan fingerprint density at radius 1 is 1.39 bits per heavy atom. The maximum atomic E-state index is 12.2. The van der Waals surface area contributed by atoms with Crippen LogP contribution in [0, 0.1) is 12.3 Å². The Bertz CT molecular complexity index is 421. The van der Waals surface area contributed by atoms with Crippen LogP contribution in [0.2, 0.25) is 0 Å². The van der Waals surface area contributed by atoms with E-state index in [2.05, 4.69) is 43.4 Å². The Labute approximate surface area is 109 Å². The number of hydrogen-bond acceptors (Lipinski definition) is 2. The summed E-state index contributed by atoms with van der Waals surface area (Å²) in [5, 5.41) is 3.14. The van der Waals surface area contributed by atoms with Gasteiger partial charge in [0.1, 0.15) is 0 Å². The number of rotatable bonds is 5. The van der Waals surface area contributed by atoms with E-state index in [1.807, 2.05) is 0 Å². The lowest BCUT2D eigenvalue weighted by molar-refractivity contribution is -0.126. The molecule has 1 saturated carbocycles. The molecule has 18 heavy (non-hydrogen) atoms. The Morgan fingerprint density at radius 2 is 2.00 bits per heavy atom. The van der Waals surface area contributed by atoms with E-state index < -0.39 is 0 Å². The fourth-order valence-electron chi connectivity index (χ4n) is 2.21. The molecule has 3 heteroatoms. The van der Waals surface area contributed by atoms with E-state index in [-0.39, 0.29) is 17.4 Å². The fraction of sp³-hybridized carbons (Fsp3) is 0.533. The summed E-state index contributed by atoms with van der Waals surface area (Å²) in [5.41, 5.74) is 7.83. The number of aryl methyl sites for hydroxylation is 1. The summed E-state index contributed by atoms with van der Waals surface area (Å²) in [6.07, 6.45) is 2.76. The molecule has 1 aromatic rings. The van der Waals surface area contributed by atoms with E-state index in [9.17, 15) is 4.79 Å². The van der Waals surface area contributed by atoms with Gasteiger partial charge in [-0.15, -0.1) is 0 Å². The van der Waals surface area contributed by atoms with E-state index in [4.69, 9.17) is 5.73 Å². The number of carbonyl (C=O) groups is 1. The summed E-state index contributed by atoms with van der Waals surface area (Å²) in [6.45, 7) is 4.62. The maximum Gasteiger partial charge on any atom is 0.227 e. The van der Waals surface area contributed by atoms with Gasteiger partial charge in [-0.1, -0.05) is 36.8 Å². The van der Waals surface area contributed by atoms with Crippen molar-refractivity contribution < 1.29 is 4.79 Å². The van der Waals surface area contributed by atoms with Crippen LogP contribution >= 0.6 is 0 Å². The molecule has 1 unspecified atom stereocenters. The van der Waals surface area contributed by atoms with Crippen LogP contribution in [-0.4, -0.2) is 12.5 Å². The molecule has 1 atom stereocenters. The first-order valence-corrected chi connectivity index (χ1v) is 6.69. The predicted octanol–water partition coefficient (Wildman–Crippen LogP) is 2.30. The first-order chi connectivity index (χ1) is 8.61. The van der Waals surface area contributed by atoms with Crippen molar-refractivity contribution in [2.24, 2.45) is 11.1 Å². The first-order valence-electron chi connectivity index (χ1n) is 6.69. The molecule has 0 spiro atoms. The van der Waals surface area contributed by atoms with Gasteiger partial charge in [-0.25, -0.2) is 0 Å². The molecule has 0 saturated heterocycles. The molecule has 1 aliphatic carbocycles. The zero-order chi connectivity index (χ0) is 13.2. The molecular weight excluding hydrogens is 224 g/mol. The number of amides is 1. The molecule has 0 heterocycles. The van der Waals surface area contributed by atoms with Crippen LogP contribution in [0.3, 0.4) is 0 Å². The molecule has 1 aliphatic rings. The van der Waals surface area contributed by atoms with Crippen molar-refractivity contribution in [3.63, 3.8) is 0 Å². The highest BCUT2D eigenvalue weighted by atomic mass is 16.2. The second-order valence-electron chi connectivity index (χ2n) is 5.33. The molecule has 3 nitrogen and oxygen atoms in total. The molecular formula is C15H22N2O. The normalized spacial score (nSPS) is 18.2. The minimum absolute atomic E-state index is 0.0992. The summed E-state index contributed by atoms with van der Waals surface area (Å²) in [4.78, 5) is 12.2. The van der Waals surface area contributed by atoms with Crippen molar-refractivity contribution in [1.82, 2.24) is 5.32 Å². The largest absolute Gasteiger partial charge is 0.349 e. The van der Waals surface area contributed by atoms with E-state index in [1.54, 1.807) is 0 Å². The average molecular weight is 246 g/mol. The topological polar surface area (TPSA) is 55.1 Å². The van der Waals surface area contributed by atoms with Crippen molar-refractivity contribution in [3.05, 3.63) is 35.4 Å². The summed E-state index contributed by atoms with van der Waals surface area (Å²) < 4.78 is 0. The molecule has 3 N–H and O–H groups in total. The second-order valence-corrected chi connectivity index (χ2v) is 5.33. The average Bonchev–Trinajstić information content (AvgIpc) is 3.18. The molecule has 0 bridgehead atoms. The third-order valence-electron chi connectivity index (χ3n) is 3.92. The standard InChI is InChI=1S/C15H22N2O/c1-3-13(12-6-4-11(2)5-7-12)17-14(18)15(10-16)8-9-15/h4-7,13H,3,8-10,16H2,1-2H3,(H,17,18). The zero-order valence-electron chi connectivity index (χ0n) is 11.2. The summed E-state index contributed by atoms with van der Waals surface area (Å²) in [7, 11) is 0. The Balaban J connectivity index is 2.05. The van der Waals surface area contributed by atoms with Gasteiger partial charge in [0, 0.05) is 6.54 Å². The predicted molar refractivity (Wildman–Crippen MR) is 73.1 cm³/mol. The van der Waals surface area contributed by atoms with Gasteiger partial charge in [-0.2, -0.15) is 0 Å². The summed E-state index contributed by atoms with van der Waals surface area (Å²) in [6, 6.07) is 8.44. The van der Waals surface area contributed by atoms with E-state index in [0.717, 1.165) is 19.3 Å². The highest BCUT2D eigenvalue weighted by molar-refractivity contribution is 5.85. The van der Waals surface area contributed by atoms with Gasteiger partial charge in [0.2, 0.25) is 5.91 Å². The van der Waals surface area contributed by atoms with E-state index >= 15 is 0 Å². The van der Waals surface area contributed by atoms with Crippen molar-refractivity contribution >= 4 is 5.91 Å². The van der Waals surface area contributed by atoms with Crippen LogP contribution in [0.4, 0.5) is 0 Å². The van der Waals surface area contributed by atoms with Gasteiger partial charge in [0.25, 0.3) is 0 Å². The highest BCUT2D eigenvalue weighted by Gasteiger charge is 2.48. The van der Waals surface area contributed by atoms with Crippen molar-refractivity contribution in [2.75, 3.05) is 6.54 Å². The van der Waals surface area contributed by atoms with Gasteiger partial charge in [-0.05, 0) is 31.7 Å². The van der Waals surface area contributed by atoms with Crippen LogP contribution in [0.15, 0.2) is 24.3 Å². The van der Waals surface area contributed by atoms with Crippen molar-refractivity contribution in [3.8, 4) is 0 Å². The minimum Gasteiger partial charge on any atom is -0.349 e. The lowest BCUT2D eigenvalue weighted by Crippen LogP contribution is -2.38. The lowest BCUT2D eigenvalue weighted by atomic mass is 10.0. The van der Waals surface area contributed by atoms with Gasteiger partial charge in [-0.3, -0.25) is 4.79 Å². The quantitative estimate of drug-likeness (QED) is 0.837. The van der Waals surface area contributed by atoms with Crippen molar-refractivity contribution in [1.29, 1.82) is 0 Å². The molecule has 0 aromatic heterocycles.